The molecule has 66 valence electrons. The average Bonchev–Trinajstić information content (AvgIpc) is 2.09. The van der Waals surface area contributed by atoms with Crippen LogP contribution < -0.4 is 0 Å². The first-order chi connectivity index (χ1) is 5.72. The molecule has 0 saturated carbocycles. The second kappa shape index (κ2) is 4.67. The van der Waals surface area contributed by atoms with Crippen molar-refractivity contribution in [2.75, 3.05) is 5.88 Å². The van der Waals surface area contributed by atoms with Gasteiger partial charge >= 0.3 is 0 Å². The second-order valence-corrected chi connectivity index (χ2v) is 4.36. The summed E-state index contributed by atoms with van der Waals surface area (Å²) in [7, 11) is 0. The highest BCUT2D eigenvalue weighted by molar-refractivity contribution is 7.99. The molecular formula is C8H11ClN2S. The molecule has 1 unspecified atom stereocenters. The summed E-state index contributed by atoms with van der Waals surface area (Å²) in [6, 6.07) is 3.92. The SMILES string of the molecule is Cc1ccc(SC(C)CCl)nn1. The molecule has 1 atom stereocenters. The fraction of sp³-hybridized carbons (Fsp3) is 0.500. The average molecular weight is 203 g/mol. The van der Waals surface area contributed by atoms with Crippen molar-refractivity contribution in [3.63, 3.8) is 0 Å². The normalized spacial score (nSPS) is 12.9. The van der Waals surface area contributed by atoms with Crippen molar-refractivity contribution in [2.24, 2.45) is 0 Å². The Labute approximate surface area is 81.7 Å². The second-order valence-electron chi connectivity index (χ2n) is 2.60. The molecular weight excluding hydrogens is 192 g/mol. The van der Waals surface area contributed by atoms with E-state index in [0.717, 1.165) is 10.7 Å². The van der Waals surface area contributed by atoms with Crippen LogP contribution in [0.1, 0.15) is 12.6 Å². The molecule has 0 fully saturated rings. The summed E-state index contributed by atoms with van der Waals surface area (Å²) < 4.78 is 0. The number of halogens is 1. The van der Waals surface area contributed by atoms with E-state index in [2.05, 4.69) is 17.1 Å². The van der Waals surface area contributed by atoms with E-state index in [-0.39, 0.29) is 0 Å². The third-order valence-corrected chi connectivity index (χ3v) is 2.99. The molecule has 0 aliphatic rings. The van der Waals surface area contributed by atoms with Gasteiger partial charge in [-0.2, -0.15) is 5.10 Å². The maximum atomic E-state index is 5.66. The van der Waals surface area contributed by atoms with Gasteiger partial charge in [0.2, 0.25) is 0 Å². The van der Waals surface area contributed by atoms with Gasteiger partial charge in [-0.05, 0) is 19.1 Å². The summed E-state index contributed by atoms with van der Waals surface area (Å²) in [5.41, 5.74) is 0.942. The van der Waals surface area contributed by atoms with Crippen LogP contribution in [0.5, 0.6) is 0 Å². The van der Waals surface area contributed by atoms with Crippen LogP contribution in [0.3, 0.4) is 0 Å². The maximum absolute atomic E-state index is 5.66. The van der Waals surface area contributed by atoms with E-state index >= 15 is 0 Å². The minimum Gasteiger partial charge on any atom is -0.155 e. The van der Waals surface area contributed by atoms with E-state index in [0.29, 0.717) is 11.1 Å². The van der Waals surface area contributed by atoms with Crippen molar-refractivity contribution in [1.29, 1.82) is 0 Å². The number of hydrogen-bond acceptors (Lipinski definition) is 3. The van der Waals surface area contributed by atoms with E-state index in [1.54, 1.807) is 11.8 Å². The third kappa shape index (κ3) is 2.99. The van der Waals surface area contributed by atoms with E-state index in [1.165, 1.54) is 0 Å². The van der Waals surface area contributed by atoms with Gasteiger partial charge in [0.25, 0.3) is 0 Å². The van der Waals surface area contributed by atoms with Crippen LogP contribution in [0, 0.1) is 6.92 Å². The molecule has 1 aromatic rings. The number of alkyl halides is 1. The molecule has 4 heteroatoms. The molecule has 1 heterocycles. The van der Waals surface area contributed by atoms with Crippen LogP contribution in [0.4, 0.5) is 0 Å². The van der Waals surface area contributed by atoms with Gasteiger partial charge in [-0.25, -0.2) is 0 Å². The Hall–Kier alpha value is -0.280. The largest absolute Gasteiger partial charge is 0.155 e. The third-order valence-electron chi connectivity index (χ3n) is 1.31. The minimum absolute atomic E-state index is 0.392. The van der Waals surface area contributed by atoms with Gasteiger partial charge in [0.1, 0.15) is 5.03 Å². The Bertz CT molecular complexity index is 237. The molecule has 0 N–H and O–H groups in total. The Kier molecular flexibility index (Phi) is 3.82. The molecule has 2 nitrogen and oxygen atoms in total. The standard InChI is InChI=1S/C8H11ClN2S/c1-6-3-4-8(11-10-6)12-7(2)5-9/h3-4,7H,5H2,1-2H3. The van der Waals surface area contributed by atoms with Gasteiger partial charge in [-0.1, -0.05) is 6.92 Å². The Morgan fingerprint density at radius 3 is 2.75 bits per heavy atom. The molecule has 0 aliphatic carbocycles. The summed E-state index contributed by atoms with van der Waals surface area (Å²) in [6.07, 6.45) is 0. The van der Waals surface area contributed by atoms with Crippen LogP contribution in [-0.4, -0.2) is 21.3 Å². The predicted molar refractivity (Wildman–Crippen MR) is 52.8 cm³/mol. The van der Waals surface area contributed by atoms with Gasteiger partial charge in [-0.15, -0.1) is 28.5 Å². The molecule has 0 amide bonds. The molecule has 1 rings (SSSR count). The first-order valence-corrected chi connectivity index (χ1v) is 5.16. The van der Waals surface area contributed by atoms with Crippen molar-refractivity contribution in [2.45, 2.75) is 24.1 Å². The van der Waals surface area contributed by atoms with Gasteiger partial charge in [0, 0.05) is 11.1 Å². The van der Waals surface area contributed by atoms with E-state index < -0.39 is 0 Å². The predicted octanol–water partition coefficient (Wildman–Crippen LogP) is 2.50. The highest BCUT2D eigenvalue weighted by atomic mass is 35.5. The van der Waals surface area contributed by atoms with Gasteiger partial charge in [0.15, 0.2) is 0 Å². The van der Waals surface area contributed by atoms with E-state index in [4.69, 9.17) is 11.6 Å². The van der Waals surface area contributed by atoms with Crippen molar-refractivity contribution in [3.8, 4) is 0 Å². The quantitative estimate of drug-likeness (QED) is 0.557. The van der Waals surface area contributed by atoms with Crippen molar-refractivity contribution in [3.05, 3.63) is 17.8 Å². The molecule has 0 radical (unpaired) electrons. The zero-order chi connectivity index (χ0) is 8.97. The molecule has 0 aromatic carbocycles. The topological polar surface area (TPSA) is 25.8 Å². The zero-order valence-electron chi connectivity index (χ0n) is 7.12. The number of hydrogen-bond donors (Lipinski definition) is 0. The van der Waals surface area contributed by atoms with E-state index in [9.17, 15) is 0 Å². The molecule has 0 saturated heterocycles. The highest BCUT2D eigenvalue weighted by Crippen LogP contribution is 2.20. The first kappa shape index (κ1) is 9.81. The summed E-state index contributed by atoms with van der Waals surface area (Å²) in [5.74, 6) is 0.639. The lowest BCUT2D eigenvalue weighted by atomic mass is 10.4. The Balaban J connectivity index is 2.58. The van der Waals surface area contributed by atoms with Crippen LogP contribution >= 0.6 is 23.4 Å². The van der Waals surface area contributed by atoms with Gasteiger partial charge in [0.05, 0.1) is 5.69 Å². The lowest BCUT2D eigenvalue weighted by Gasteiger charge is -2.04. The monoisotopic (exact) mass is 202 g/mol. The first-order valence-electron chi connectivity index (χ1n) is 3.75. The highest BCUT2D eigenvalue weighted by Gasteiger charge is 2.03. The number of thioether (sulfide) groups is 1. The molecule has 12 heavy (non-hydrogen) atoms. The fourth-order valence-corrected chi connectivity index (χ4v) is 1.59. The minimum atomic E-state index is 0.392. The number of nitrogens with zero attached hydrogens (tertiary/aromatic N) is 2. The molecule has 0 spiro atoms. The number of aromatic nitrogens is 2. The van der Waals surface area contributed by atoms with Crippen molar-refractivity contribution < 1.29 is 0 Å². The Morgan fingerprint density at radius 1 is 1.50 bits per heavy atom. The summed E-state index contributed by atoms with van der Waals surface area (Å²) >= 11 is 7.31. The van der Waals surface area contributed by atoms with Crippen LogP contribution in [0.25, 0.3) is 0 Å². The Morgan fingerprint density at radius 2 is 2.25 bits per heavy atom. The fourth-order valence-electron chi connectivity index (χ4n) is 0.687. The molecule has 1 aromatic heterocycles. The lowest BCUT2D eigenvalue weighted by molar-refractivity contribution is 0.892. The van der Waals surface area contributed by atoms with Crippen LogP contribution in [0.2, 0.25) is 0 Å². The number of aryl methyl sites for hydroxylation is 1. The summed E-state index contributed by atoms with van der Waals surface area (Å²) in [4.78, 5) is 0. The smallest absolute Gasteiger partial charge is 0.119 e. The lowest BCUT2D eigenvalue weighted by Crippen LogP contribution is -1.98. The zero-order valence-corrected chi connectivity index (χ0v) is 8.69. The summed E-state index contributed by atoms with van der Waals surface area (Å²) in [6.45, 7) is 3.99. The molecule has 0 aliphatic heterocycles. The van der Waals surface area contributed by atoms with Crippen molar-refractivity contribution >= 4 is 23.4 Å². The van der Waals surface area contributed by atoms with Gasteiger partial charge < -0.3 is 0 Å². The molecule has 0 bridgehead atoms. The van der Waals surface area contributed by atoms with E-state index in [1.807, 2.05) is 19.1 Å². The van der Waals surface area contributed by atoms with Crippen molar-refractivity contribution in [1.82, 2.24) is 10.2 Å². The number of rotatable bonds is 3. The summed E-state index contributed by atoms with van der Waals surface area (Å²) in [5, 5.41) is 9.30. The van der Waals surface area contributed by atoms with Crippen LogP contribution in [0.15, 0.2) is 17.2 Å². The van der Waals surface area contributed by atoms with Crippen LogP contribution in [-0.2, 0) is 0 Å². The maximum Gasteiger partial charge on any atom is 0.119 e. The van der Waals surface area contributed by atoms with Gasteiger partial charge in [-0.3, -0.25) is 0 Å².